The maximum atomic E-state index is 11.6. The van der Waals surface area contributed by atoms with Gasteiger partial charge in [0.2, 0.25) is 5.91 Å². The third-order valence-corrected chi connectivity index (χ3v) is 3.85. The maximum absolute atomic E-state index is 11.6. The third-order valence-electron chi connectivity index (χ3n) is 2.50. The van der Waals surface area contributed by atoms with Crippen molar-refractivity contribution in [1.29, 1.82) is 0 Å². The van der Waals surface area contributed by atoms with Crippen molar-refractivity contribution in [2.24, 2.45) is 0 Å². The van der Waals surface area contributed by atoms with Crippen molar-refractivity contribution in [3.8, 4) is 0 Å². The molecule has 0 spiro atoms. The highest BCUT2D eigenvalue weighted by Crippen LogP contribution is 2.20. The summed E-state index contributed by atoms with van der Waals surface area (Å²) in [6, 6.07) is 7.58. The lowest BCUT2D eigenvalue weighted by molar-refractivity contribution is -0.119. The van der Waals surface area contributed by atoms with Gasteiger partial charge in [-0.2, -0.15) is 0 Å². The summed E-state index contributed by atoms with van der Waals surface area (Å²) in [7, 11) is 0. The van der Waals surface area contributed by atoms with Crippen LogP contribution in [-0.4, -0.2) is 42.6 Å². The van der Waals surface area contributed by atoms with Crippen LogP contribution >= 0.6 is 23.4 Å². The predicted octanol–water partition coefficient (Wildman–Crippen LogP) is 2.09. The molecule has 0 fully saturated rings. The molecule has 0 bridgehead atoms. The Morgan fingerprint density at radius 1 is 1.50 bits per heavy atom. The molecule has 0 aliphatic heterocycles. The van der Waals surface area contributed by atoms with Gasteiger partial charge in [-0.25, -0.2) is 0 Å². The van der Waals surface area contributed by atoms with Crippen LogP contribution in [0.5, 0.6) is 0 Å². The van der Waals surface area contributed by atoms with E-state index in [9.17, 15) is 9.90 Å². The number of aliphatic hydroxyl groups excluding tert-OH is 1. The van der Waals surface area contributed by atoms with Crippen LogP contribution in [0.4, 0.5) is 0 Å². The predicted molar refractivity (Wildman–Crippen MR) is 83.1 cm³/mol. The number of carbonyl (C=O) groups is 1. The Labute approximate surface area is 128 Å². The molecule has 20 heavy (non-hydrogen) atoms. The van der Waals surface area contributed by atoms with Crippen molar-refractivity contribution in [2.45, 2.75) is 18.8 Å². The van der Waals surface area contributed by atoms with Crippen LogP contribution < -0.4 is 5.32 Å². The zero-order chi connectivity index (χ0) is 14.8. The van der Waals surface area contributed by atoms with Gasteiger partial charge in [-0.05, 0) is 18.6 Å². The lowest BCUT2D eigenvalue weighted by Crippen LogP contribution is -2.35. The van der Waals surface area contributed by atoms with Crippen molar-refractivity contribution in [3.63, 3.8) is 0 Å². The zero-order valence-electron chi connectivity index (χ0n) is 11.5. The van der Waals surface area contributed by atoms with E-state index in [1.807, 2.05) is 31.2 Å². The Morgan fingerprint density at radius 2 is 2.25 bits per heavy atom. The molecule has 1 atom stereocenters. The Hall–Kier alpha value is -0.750. The first kappa shape index (κ1) is 17.3. The lowest BCUT2D eigenvalue weighted by Gasteiger charge is -2.11. The molecule has 1 amide bonds. The van der Waals surface area contributed by atoms with Gasteiger partial charge in [-0.3, -0.25) is 4.79 Å². The number of carbonyl (C=O) groups excluding carboxylic acids is 1. The van der Waals surface area contributed by atoms with Gasteiger partial charge in [0, 0.05) is 23.9 Å². The minimum Gasteiger partial charge on any atom is -0.389 e. The van der Waals surface area contributed by atoms with Gasteiger partial charge >= 0.3 is 0 Å². The van der Waals surface area contributed by atoms with Crippen molar-refractivity contribution >= 4 is 29.3 Å². The summed E-state index contributed by atoms with van der Waals surface area (Å²) in [5.74, 6) is 0.929. The number of ether oxygens (including phenoxy) is 1. The van der Waals surface area contributed by atoms with E-state index in [1.165, 1.54) is 11.8 Å². The Kier molecular flexibility index (Phi) is 8.69. The molecule has 0 unspecified atom stereocenters. The van der Waals surface area contributed by atoms with E-state index in [-0.39, 0.29) is 19.1 Å². The summed E-state index contributed by atoms with van der Waals surface area (Å²) in [5.41, 5.74) is 1.02. The van der Waals surface area contributed by atoms with E-state index in [0.717, 1.165) is 5.56 Å². The van der Waals surface area contributed by atoms with Crippen LogP contribution in [0.25, 0.3) is 0 Å². The molecule has 0 aromatic heterocycles. The second-order valence-corrected chi connectivity index (χ2v) is 5.59. The maximum Gasteiger partial charge on any atom is 0.230 e. The van der Waals surface area contributed by atoms with E-state index in [0.29, 0.717) is 23.1 Å². The van der Waals surface area contributed by atoms with E-state index in [1.54, 1.807) is 0 Å². The summed E-state index contributed by atoms with van der Waals surface area (Å²) in [6.45, 7) is 2.87. The molecule has 1 rings (SSSR count). The topological polar surface area (TPSA) is 58.6 Å². The highest BCUT2D eigenvalue weighted by Gasteiger charge is 2.07. The molecule has 0 heterocycles. The summed E-state index contributed by atoms with van der Waals surface area (Å²) >= 11 is 7.52. The van der Waals surface area contributed by atoms with Crippen molar-refractivity contribution in [1.82, 2.24) is 5.32 Å². The summed E-state index contributed by atoms with van der Waals surface area (Å²) in [4.78, 5) is 11.6. The quantitative estimate of drug-likeness (QED) is 0.732. The van der Waals surface area contributed by atoms with Crippen LogP contribution in [0.15, 0.2) is 24.3 Å². The van der Waals surface area contributed by atoms with Gasteiger partial charge in [-0.1, -0.05) is 29.8 Å². The smallest absolute Gasteiger partial charge is 0.230 e. The number of halogens is 1. The molecule has 0 saturated heterocycles. The number of thioether (sulfide) groups is 1. The number of nitrogens with one attached hydrogen (secondary N) is 1. The van der Waals surface area contributed by atoms with Crippen LogP contribution in [0, 0.1) is 0 Å². The number of benzene rings is 1. The molecule has 0 aliphatic carbocycles. The summed E-state index contributed by atoms with van der Waals surface area (Å²) in [6.07, 6.45) is -0.660. The minimum atomic E-state index is -0.660. The number of amides is 1. The van der Waals surface area contributed by atoms with Gasteiger partial charge < -0.3 is 15.2 Å². The van der Waals surface area contributed by atoms with E-state index >= 15 is 0 Å². The fourth-order valence-electron chi connectivity index (χ4n) is 1.46. The molecule has 2 N–H and O–H groups in total. The average Bonchev–Trinajstić information content (AvgIpc) is 2.45. The Balaban J connectivity index is 2.16. The SMILES string of the molecule is CCOC[C@H](O)CNC(=O)CSCc1ccccc1Cl. The lowest BCUT2D eigenvalue weighted by atomic mass is 10.2. The third kappa shape index (κ3) is 7.14. The zero-order valence-corrected chi connectivity index (χ0v) is 13.0. The second kappa shape index (κ2) is 10.0. The fraction of sp³-hybridized carbons (Fsp3) is 0.500. The van der Waals surface area contributed by atoms with E-state index in [2.05, 4.69) is 5.32 Å². The van der Waals surface area contributed by atoms with E-state index in [4.69, 9.17) is 16.3 Å². The van der Waals surface area contributed by atoms with Gasteiger partial charge in [-0.15, -0.1) is 11.8 Å². The largest absolute Gasteiger partial charge is 0.389 e. The fourth-order valence-corrected chi connectivity index (χ4v) is 2.61. The van der Waals surface area contributed by atoms with Gasteiger partial charge in [0.1, 0.15) is 0 Å². The molecule has 0 saturated carbocycles. The van der Waals surface area contributed by atoms with E-state index < -0.39 is 6.10 Å². The molecule has 112 valence electrons. The monoisotopic (exact) mass is 317 g/mol. The minimum absolute atomic E-state index is 0.0994. The van der Waals surface area contributed by atoms with Gasteiger partial charge in [0.25, 0.3) is 0 Å². The molecule has 1 aromatic rings. The first-order valence-electron chi connectivity index (χ1n) is 6.47. The molecule has 0 radical (unpaired) electrons. The van der Waals surface area contributed by atoms with Gasteiger partial charge in [0.05, 0.1) is 18.5 Å². The summed E-state index contributed by atoms with van der Waals surface area (Å²) in [5, 5.41) is 12.9. The number of aliphatic hydroxyl groups is 1. The molecule has 4 nitrogen and oxygen atoms in total. The van der Waals surface area contributed by atoms with Crippen molar-refractivity contribution in [3.05, 3.63) is 34.9 Å². The molecule has 0 aliphatic rings. The molecular weight excluding hydrogens is 298 g/mol. The van der Waals surface area contributed by atoms with Crippen molar-refractivity contribution < 1.29 is 14.6 Å². The standard InChI is InChI=1S/C14H20ClNO3S/c1-2-19-8-12(17)7-16-14(18)10-20-9-11-5-3-4-6-13(11)15/h3-6,12,17H,2,7-10H2,1H3,(H,16,18)/t12-/m1/s1. The highest BCUT2D eigenvalue weighted by molar-refractivity contribution is 7.99. The second-order valence-electron chi connectivity index (χ2n) is 4.20. The number of hydrogen-bond acceptors (Lipinski definition) is 4. The first-order valence-corrected chi connectivity index (χ1v) is 8.00. The molecule has 1 aromatic carbocycles. The normalized spacial score (nSPS) is 12.2. The first-order chi connectivity index (χ1) is 9.63. The molecule has 6 heteroatoms. The number of rotatable bonds is 9. The van der Waals surface area contributed by atoms with Crippen molar-refractivity contribution in [2.75, 3.05) is 25.5 Å². The highest BCUT2D eigenvalue weighted by atomic mass is 35.5. The summed E-state index contributed by atoms with van der Waals surface area (Å²) < 4.78 is 5.06. The average molecular weight is 318 g/mol. The molecular formula is C14H20ClNO3S. The van der Waals surface area contributed by atoms with Crippen LogP contribution in [0.3, 0.4) is 0 Å². The van der Waals surface area contributed by atoms with Crippen LogP contribution in [-0.2, 0) is 15.3 Å². The van der Waals surface area contributed by atoms with Gasteiger partial charge in [0.15, 0.2) is 0 Å². The Morgan fingerprint density at radius 3 is 2.95 bits per heavy atom. The van der Waals surface area contributed by atoms with Crippen LogP contribution in [0.2, 0.25) is 5.02 Å². The number of hydrogen-bond donors (Lipinski definition) is 2. The Bertz CT molecular complexity index is 417. The van der Waals surface area contributed by atoms with Crippen LogP contribution in [0.1, 0.15) is 12.5 Å².